The molecular formula is C8H16N2O3. The van der Waals surface area contributed by atoms with E-state index in [-0.39, 0.29) is 18.8 Å². The van der Waals surface area contributed by atoms with Crippen LogP contribution in [0.15, 0.2) is 0 Å². The average molecular weight is 188 g/mol. The van der Waals surface area contributed by atoms with Crippen LogP contribution in [0.2, 0.25) is 0 Å². The molecule has 5 nitrogen and oxygen atoms in total. The molecule has 0 heterocycles. The van der Waals surface area contributed by atoms with Gasteiger partial charge >= 0.3 is 6.09 Å². The van der Waals surface area contributed by atoms with Gasteiger partial charge in [-0.25, -0.2) is 4.79 Å². The van der Waals surface area contributed by atoms with Gasteiger partial charge in [-0.3, -0.25) is 0 Å². The molecule has 0 aromatic rings. The molecule has 1 saturated carbocycles. The summed E-state index contributed by atoms with van der Waals surface area (Å²) in [6.07, 6.45) is 1.67. The zero-order valence-corrected chi connectivity index (χ0v) is 7.48. The van der Waals surface area contributed by atoms with E-state index in [4.69, 9.17) is 21.3 Å². The molecule has 1 atom stereocenters. The van der Waals surface area contributed by atoms with Gasteiger partial charge in [-0.2, -0.15) is 0 Å². The molecule has 0 saturated heterocycles. The van der Waals surface area contributed by atoms with Crippen LogP contribution in [0.3, 0.4) is 0 Å². The number of aliphatic hydroxyl groups is 1. The fraction of sp³-hybridized carbons (Fsp3) is 0.875. The molecule has 1 aliphatic carbocycles. The van der Waals surface area contributed by atoms with Crippen LogP contribution < -0.4 is 11.5 Å². The minimum Gasteiger partial charge on any atom is -0.446 e. The Morgan fingerprint density at radius 3 is 2.69 bits per heavy atom. The van der Waals surface area contributed by atoms with Crippen molar-refractivity contribution in [3.05, 3.63) is 0 Å². The molecular weight excluding hydrogens is 172 g/mol. The molecule has 1 rings (SSSR count). The van der Waals surface area contributed by atoms with Crippen molar-refractivity contribution in [1.29, 1.82) is 0 Å². The first-order valence-corrected chi connectivity index (χ1v) is 4.44. The van der Waals surface area contributed by atoms with E-state index in [1.54, 1.807) is 0 Å². The summed E-state index contributed by atoms with van der Waals surface area (Å²) < 4.78 is 4.77. The van der Waals surface area contributed by atoms with Gasteiger partial charge < -0.3 is 21.3 Å². The van der Waals surface area contributed by atoms with Gasteiger partial charge in [0.15, 0.2) is 0 Å². The Bertz CT molecular complexity index is 180. The molecule has 0 aromatic carbocycles. The van der Waals surface area contributed by atoms with E-state index in [1.165, 1.54) is 0 Å². The van der Waals surface area contributed by atoms with E-state index in [9.17, 15) is 4.79 Å². The zero-order chi connectivity index (χ0) is 9.84. The highest BCUT2D eigenvalue weighted by Crippen LogP contribution is 2.33. The second-order valence-corrected chi connectivity index (χ2v) is 3.57. The van der Waals surface area contributed by atoms with Crippen molar-refractivity contribution in [3.8, 4) is 0 Å². The van der Waals surface area contributed by atoms with Crippen LogP contribution in [-0.2, 0) is 4.74 Å². The molecule has 0 spiro atoms. The Balaban J connectivity index is 2.08. The minimum absolute atomic E-state index is 0.0117. The number of ether oxygens (including phenoxy) is 1. The highest BCUT2D eigenvalue weighted by Gasteiger charge is 2.32. The fourth-order valence-electron chi connectivity index (χ4n) is 1.63. The van der Waals surface area contributed by atoms with Crippen LogP contribution in [-0.4, -0.2) is 30.0 Å². The van der Waals surface area contributed by atoms with Gasteiger partial charge in [0.25, 0.3) is 0 Å². The van der Waals surface area contributed by atoms with E-state index in [0.29, 0.717) is 5.92 Å². The summed E-state index contributed by atoms with van der Waals surface area (Å²) in [5, 5.41) is 8.68. The fourth-order valence-corrected chi connectivity index (χ4v) is 1.63. The molecule has 13 heavy (non-hydrogen) atoms. The number of aliphatic hydroxyl groups excluding tert-OH is 1. The predicted molar refractivity (Wildman–Crippen MR) is 46.9 cm³/mol. The van der Waals surface area contributed by atoms with E-state index < -0.39 is 6.09 Å². The van der Waals surface area contributed by atoms with Crippen LogP contribution >= 0.6 is 0 Å². The van der Waals surface area contributed by atoms with Gasteiger partial charge in [0, 0.05) is 6.04 Å². The summed E-state index contributed by atoms with van der Waals surface area (Å²) in [6, 6.07) is -0.153. The lowest BCUT2D eigenvalue weighted by atomic mass is 9.78. The Hall–Kier alpha value is -0.810. The number of hydrogen-bond donors (Lipinski definition) is 3. The molecule has 5 heteroatoms. The smallest absolute Gasteiger partial charge is 0.404 e. The maximum atomic E-state index is 10.3. The molecule has 0 bridgehead atoms. The molecule has 0 aliphatic heterocycles. The third kappa shape index (κ3) is 3.20. The molecule has 0 radical (unpaired) electrons. The number of nitrogens with two attached hydrogens (primary N) is 2. The molecule has 0 aromatic heterocycles. The summed E-state index contributed by atoms with van der Waals surface area (Å²) in [5.74, 6) is 0.464. The van der Waals surface area contributed by atoms with Crippen LogP contribution in [0.25, 0.3) is 0 Å². The van der Waals surface area contributed by atoms with Crippen molar-refractivity contribution >= 4 is 6.09 Å². The van der Waals surface area contributed by atoms with Crippen molar-refractivity contribution in [2.45, 2.75) is 31.4 Å². The number of carbonyl (C=O) groups excluding carboxylic acids is 1. The Morgan fingerprint density at radius 2 is 2.23 bits per heavy atom. The van der Waals surface area contributed by atoms with Crippen LogP contribution in [0, 0.1) is 5.92 Å². The molecule has 1 unspecified atom stereocenters. The van der Waals surface area contributed by atoms with E-state index in [0.717, 1.165) is 19.3 Å². The Kier molecular flexibility index (Phi) is 3.50. The third-order valence-electron chi connectivity index (χ3n) is 2.35. The summed E-state index contributed by atoms with van der Waals surface area (Å²) in [7, 11) is 0. The second-order valence-electron chi connectivity index (χ2n) is 3.57. The molecule has 1 amide bonds. The monoisotopic (exact) mass is 188 g/mol. The van der Waals surface area contributed by atoms with Crippen molar-refractivity contribution < 1.29 is 14.6 Å². The standard InChI is InChI=1S/C8H16N2O3/c9-6(4-11)1-5-2-7(3-5)13-8(10)12/h5-7,11H,1-4,9H2,(H2,10,12). The van der Waals surface area contributed by atoms with Gasteiger partial charge in [-0.05, 0) is 25.2 Å². The lowest BCUT2D eigenvalue weighted by Crippen LogP contribution is -2.39. The number of hydrogen-bond acceptors (Lipinski definition) is 4. The quantitative estimate of drug-likeness (QED) is 0.557. The van der Waals surface area contributed by atoms with Crippen LogP contribution in [0.1, 0.15) is 19.3 Å². The molecule has 1 fully saturated rings. The number of amides is 1. The van der Waals surface area contributed by atoms with Crippen molar-refractivity contribution in [2.75, 3.05) is 6.61 Å². The number of rotatable bonds is 4. The molecule has 5 N–H and O–H groups in total. The first kappa shape index (κ1) is 10.3. The van der Waals surface area contributed by atoms with Crippen LogP contribution in [0.4, 0.5) is 4.79 Å². The highest BCUT2D eigenvalue weighted by atomic mass is 16.6. The summed E-state index contributed by atoms with van der Waals surface area (Å²) in [6.45, 7) is 0.0117. The van der Waals surface area contributed by atoms with E-state index in [2.05, 4.69) is 0 Å². The Labute approximate surface area is 77.0 Å². The van der Waals surface area contributed by atoms with Crippen LogP contribution in [0.5, 0.6) is 0 Å². The maximum absolute atomic E-state index is 10.3. The molecule has 1 aliphatic rings. The van der Waals surface area contributed by atoms with Gasteiger partial charge in [0.1, 0.15) is 6.10 Å². The number of primary amides is 1. The van der Waals surface area contributed by atoms with E-state index in [1.807, 2.05) is 0 Å². The SMILES string of the molecule is NC(=O)OC1CC(CC(N)CO)C1. The largest absolute Gasteiger partial charge is 0.446 e. The highest BCUT2D eigenvalue weighted by molar-refractivity contribution is 5.64. The summed E-state index contributed by atoms with van der Waals surface area (Å²) >= 11 is 0. The predicted octanol–water partition coefficient (Wildman–Crippen LogP) is -0.430. The van der Waals surface area contributed by atoms with Gasteiger partial charge in [-0.15, -0.1) is 0 Å². The minimum atomic E-state index is -0.713. The van der Waals surface area contributed by atoms with Crippen molar-refractivity contribution in [2.24, 2.45) is 17.4 Å². The molecule has 76 valence electrons. The maximum Gasteiger partial charge on any atom is 0.404 e. The lowest BCUT2D eigenvalue weighted by molar-refractivity contribution is 0.0154. The topological polar surface area (TPSA) is 98.6 Å². The Morgan fingerprint density at radius 1 is 1.62 bits per heavy atom. The first-order valence-electron chi connectivity index (χ1n) is 4.44. The zero-order valence-electron chi connectivity index (χ0n) is 7.48. The first-order chi connectivity index (χ1) is 6.11. The lowest BCUT2D eigenvalue weighted by Gasteiger charge is -2.35. The third-order valence-corrected chi connectivity index (χ3v) is 2.35. The number of carbonyl (C=O) groups is 1. The summed E-state index contributed by atoms with van der Waals surface area (Å²) in [5.41, 5.74) is 10.4. The van der Waals surface area contributed by atoms with E-state index >= 15 is 0 Å². The average Bonchev–Trinajstić information content (AvgIpc) is 1.99. The van der Waals surface area contributed by atoms with Gasteiger partial charge in [-0.1, -0.05) is 0 Å². The summed E-state index contributed by atoms with van der Waals surface area (Å²) in [4.78, 5) is 10.3. The van der Waals surface area contributed by atoms with Gasteiger partial charge in [0.2, 0.25) is 0 Å². The second kappa shape index (κ2) is 4.43. The normalized spacial score (nSPS) is 29.1. The van der Waals surface area contributed by atoms with Crippen molar-refractivity contribution in [1.82, 2.24) is 0 Å². The van der Waals surface area contributed by atoms with Crippen molar-refractivity contribution in [3.63, 3.8) is 0 Å². The van der Waals surface area contributed by atoms with Gasteiger partial charge in [0.05, 0.1) is 6.61 Å².